The van der Waals surface area contributed by atoms with Crippen molar-refractivity contribution in [1.82, 2.24) is 0 Å². The van der Waals surface area contributed by atoms with Crippen molar-refractivity contribution in [3.8, 4) is 0 Å². The third-order valence-corrected chi connectivity index (χ3v) is 1.89. The highest BCUT2D eigenvalue weighted by atomic mass is 16.7. The van der Waals surface area contributed by atoms with Crippen LogP contribution in [0.15, 0.2) is 18.2 Å². The molecule has 0 bridgehead atoms. The molecule has 0 atom stereocenters. The van der Waals surface area contributed by atoms with Crippen molar-refractivity contribution in [1.29, 1.82) is 0 Å². The number of carboxylic acid groups (broad SMARTS) is 1. The molecule has 0 unspecified atom stereocenters. The van der Waals surface area contributed by atoms with Gasteiger partial charge in [0.1, 0.15) is 6.61 Å². The number of nitrogens with zero attached hydrogens (tertiary/aromatic N) is 1. The number of hydrogen-bond donors (Lipinski definition) is 1. The van der Waals surface area contributed by atoms with Gasteiger partial charge in [-0.25, -0.2) is 4.79 Å². The van der Waals surface area contributed by atoms with E-state index in [2.05, 4.69) is 4.74 Å². The summed E-state index contributed by atoms with van der Waals surface area (Å²) >= 11 is 0. The molecule has 15 heavy (non-hydrogen) atoms. The van der Waals surface area contributed by atoms with Crippen LogP contribution in [0.3, 0.4) is 0 Å². The first kappa shape index (κ1) is 11.0. The quantitative estimate of drug-likeness (QED) is 0.469. The Bertz CT molecular complexity index is 401. The minimum absolute atomic E-state index is 0.0217. The highest BCUT2D eigenvalue weighted by Gasteiger charge is 2.08. The van der Waals surface area contributed by atoms with Gasteiger partial charge in [-0.3, -0.25) is 10.1 Å². The first-order valence-electron chi connectivity index (χ1n) is 4.10. The molecule has 80 valence electrons. The lowest BCUT2D eigenvalue weighted by Gasteiger charge is -2.04. The van der Waals surface area contributed by atoms with Crippen molar-refractivity contribution in [3.05, 3.63) is 39.4 Å². The highest BCUT2D eigenvalue weighted by Crippen LogP contribution is 2.17. The monoisotopic (exact) mass is 211 g/mol. The average molecular weight is 211 g/mol. The molecule has 0 saturated carbocycles. The predicted octanol–water partition coefficient (Wildman–Crippen LogP) is 2.10. The maximum Gasteiger partial charge on any atom is 0.506 e. The first-order chi connectivity index (χ1) is 7.00. The molecule has 0 aliphatic heterocycles. The topological polar surface area (TPSA) is 89.7 Å². The van der Waals surface area contributed by atoms with Crippen molar-refractivity contribution in [2.75, 3.05) is 0 Å². The average Bonchev–Trinajstić information content (AvgIpc) is 2.15. The molecular weight excluding hydrogens is 202 g/mol. The Kier molecular flexibility index (Phi) is 3.22. The fourth-order valence-electron chi connectivity index (χ4n) is 1.10. The minimum Gasteiger partial charge on any atom is -0.450 e. The van der Waals surface area contributed by atoms with Crippen LogP contribution < -0.4 is 0 Å². The number of non-ortho nitro benzene ring substituents is 1. The molecular formula is C9H9NO5. The summed E-state index contributed by atoms with van der Waals surface area (Å²) in [6, 6.07) is 4.17. The fourth-order valence-corrected chi connectivity index (χ4v) is 1.10. The Morgan fingerprint density at radius 1 is 1.60 bits per heavy atom. The molecule has 0 radical (unpaired) electrons. The van der Waals surface area contributed by atoms with E-state index in [0.29, 0.717) is 11.1 Å². The van der Waals surface area contributed by atoms with Gasteiger partial charge in [-0.05, 0) is 24.1 Å². The van der Waals surface area contributed by atoms with Crippen molar-refractivity contribution < 1.29 is 19.6 Å². The Balaban J connectivity index is 2.83. The number of rotatable bonds is 3. The third-order valence-electron chi connectivity index (χ3n) is 1.89. The van der Waals surface area contributed by atoms with Gasteiger partial charge in [0.15, 0.2) is 0 Å². The molecule has 0 fully saturated rings. The van der Waals surface area contributed by atoms with Gasteiger partial charge in [0.25, 0.3) is 5.69 Å². The summed E-state index contributed by atoms with van der Waals surface area (Å²) in [5.41, 5.74) is 1.22. The molecule has 1 aromatic rings. The summed E-state index contributed by atoms with van der Waals surface area (Å²) in [5.74, 6) is 0. The Morgan fingerprint density at radius 2 is 2.27 bits per heavy atom. The van der Waals surface area contributed by atoms with Crippen LogP contribution in [-0.2, 0) is 11.3 Å². The zero-order chi connectivity index (χ0) is 11.4. The molecule has 0 amide bonds. The van der Waals surface area contributed by atoms with Crippen LogP contribution in [0.5, 0.6) is 0 Å². The maximum absolute atomic E-state index is 10.4. The first-order valence-corrected chi connectivity index (χ1v) is 4.10. The normalized spacial score (nSPS) is 9.67. The summed E-state index contributed by atoms with van der Waals surface area (Å²) in [6.07, 6.45) is -1.37. The van der Waals surface area contributed by atoms with Gasteiger partial charge in [0.2, 0.25) is 0 Å². The Labute approximate surface area is 85.2 Å². The van der Waals surface area contributed by atoms with Crippen LogP contribution in [0, 0.1) is 17.0 Å². The van der Waals surface area contributed by atoms with Gasteiger partial charge < -0.3 is 9.84 Å². The molecule has 0 saturated heterocycles. The standard InChI is InChI=1S/C9H9NO5/c1-6-4-8(10(13)14)3-2-7(6)5-15-9(11)12/h2-4H,5H2,1H3,(H,11,12). The second-order valence-electron chi connectivity index (χ2n) is 2.92. The van der Waals surface area contributed by atoms with E-state index in [4.69, 9.17) is 5.11 Å². The molecule has 6 heteroatoms. The van der Waals surface area contributed by atoms with E-state index in [0.717, 1.165) is 0 Å². The number of aryl methyl sites for hydroxylation is 1. The summed E-state index contributed by atoms with van der Waals surface area (Å²) in [4.78, 5) is 20.0. The number of nitro benzene ring substituents is 1. The van der Waals surface area contributed by atoms with Crippen molar-refractivity contribution in [2.24, 2.45) is 0 Å². The van der Waals surface area contributed by atoms with Crippen LogP contribution in [0.4, 0.5) is 10.5 Å². The van der Waals surface area contributed by atoms with Crippen LogP contribution in [0.1, 0.15) is 11.1 Å². The van der Waals surface area contributed by atoms with Crippen molar-refractivity contribution >= 4 is 11.8 Å². The molecule has 1 aromatic carbocycles. The van der Waals surface area contributed by atoms with Crippen LogP contribution in [0.2, 0.25) is 0 Å². The number of hydrogen-bond acceptors (Lipinski definition) is 4. The van der Waals surface area contributed by atoms with Gasteiger partial charge in [-0.1, -0.05) is 0 Å². The second kappa shape index (κ2) is 4.41. The van der Waals surface area contributed by atoms with Gasteiger partial charge >= 0.3 is 6.16 Å². The molecule has 0 aliphatic rings. The Hall–Kier alpha value is -2.11. The maximum atomic E-state index is 10.4. The minimum atomic E-state index is -1.37. The molecule has 0 spiro atoms. The van der Waals surface area contributed by atoms with Gasteiger partial charge in [-0.2, -0.15) is 0 Å². The molecule has 1 rings (SSSR count). The van der Waals surface area contributed by atoms with Crippen molar-refractivity contribution in [2.45, 2.75) is 13.5 Å². The number of nitro groups is 1. The summed E-state index contributed by atoms with van der Waals surface area (Å²) in [5, 5.41) is 18.7. The van der Waals surface area contributed by atoms with Crippen LogP contribution in [-0.4, -0.2) is 16.2 Å². The van der Waals surface area contributed by atoms with Gasteiger partial charge in [0, 0.05) is 12.1 Å². The summed E-state index contributed by atoms with van der Waals surface area (Å²) in [7, 11) is 0. The number of ether oxygens (including phenoxy) is 1. The smallest absolute Gasteiger partial charge is 0.450 e. The van der Waals surface area contributed by atoms with Gasteiger partial charge in [-0.15, -0.1) is 0 Å². The largest absolute Gasteiger partial charge is 0.506 e. The zero-order valence-electron chi connectivity index (χ0n) is 7.97. The van der Waals surface area contributed by atoms with E-state index in [1.54, 1.807) is 6.92 Å². The van der Waals surface area contributed by atoms with E-state index in [-0.39, 0.29) is 12.3 Å². The van der Waals surface area contributed by atoms with Crippen LogP contribution >= 0.6 is 0 Å². The summed E-state index contributed by atoms with van der Waals surface area (Å²) < 4.78 is 4.36. The highest BCUT2D eigenvalue weighted by molar-refractivity contribution is 5.57. The second-order valence-corrected chi connectivity index (χ2v) is 2.92. The van der Waals surface area contributed by atoms with Gasteiger partial charge in [0.05, 0.1) is 4.92 Å². The zero-order valence-corrected chi connectivity index (χ0v) is 7.97. The third kappa shape index (κ3) is 2.94. The van der Waals surface area contributed by atoms with E-state index in [1.165, 1.54) is 18.2 Å². The van der Waals surface area contributed by atoms with E-state index in [1.807, 2.05) is 0 Å². The lowest BCUT2D eigenvalue weighted by Crippen LogP contribution is -2.02. The fraction of sp³-hybridized carbons (Fsp3) is 0.222. The number of carbonyl (C=O) groups is 1. The molecule has 0 aromatic heterocycles. The SMILES string of the molecule is Cc1cc([N+](=O)[O-])ccc1COC(=O)O. The predicted molar refractivity (Wildman–Crippen MR) is 50.6 cm³/mol. The molecule has 0 aliphatic carbocycles. The van der Waals surface area contributed by atoms with Crippen LogP contribution in [0.25, 0.3) is 0 Å². The van der Waals surface area contributed by atoms with E-state index < -0.39 is 11.1 Å². The lowest BCUT2D eigenvalue weighted by atomic mass is 10.1. The molecule has 1 N–H and O–H groups in total. The summed E-state index contributed by atoms with van der Waals surface area (Å²) in [6.45, 7) is 1.56. The van der Waals surface area contributed by atoms with E-state index in [9.17, 15) is 14.9 Å². The molecule has 6 nitrogen and oxygen atoms in total. The Morgan fingerprint density at radius 3 is 2.73 bits per heavy atom. The number of benzene rings is 1. The molecule has 0 heterocycles. The lowest BCUT2D eigenvalue weighted by molar-refractivity contribution is -0.384. The van der Waals surface area contributed by atoms with E-state index >= 15 is 0 Å². The van der Waals surface area contributed by atoms with Crippen molar-refractivity contribution in [3.63, 3.8) is 0 Å².